The van der Waals surface area contributed by atoms with Gasteiger partial charge in [-0.25, -0.2) is 0 Å². The highest BCUT2D eigenvalue weighted by atomic mass is 32.1. The second kappa shape index (κ2) is 4.17. The van der Waals surface area contributed by atoms with Crippen molar-refractivity contribution >= 4 is 37.9 Å². The molecule has 1 rings (SSSR count). The lowest BCUT2D eigenvalue weighted by atomic mass is 10.2. The van der Waals surface area contributed by atoms with Crippen molar-refractivity contribution in [2.24, 2.45) is 0 Å². The Bertz CT molecular complexity index is 93.0. The molecule has 0 radical (unpaired) electrons. The number of rotatable bonds is 0. The second-order valence-electron chi connectivity index (χ2n) is 2.91. The van der Waals surface area contributed by atoms with E-state index in [-0.39, 0.29) is 0 Å². The van der Waals surface area contributed by atoms with Crippen molar-refractivity contribution in [3.63, 3.8) is 0 Å². The van der Waals surface area contributed by atoms with E-state index < -0.39 is 0 Å². The summed E-state index contributed by atoms with van der Waals surface area (Å²) in [5.74, 6) is 0. The summed E-state index contributed by atoms with van der Waals surface area (Å²) < 4.78 is 0. The summed E-state index contributed by atoms with van der Waals surface area (Å²) in [5, 5.41) is 1.29. The smallest absolute Gasteiger partial charge is 0.0250 e. The quantitative estimate of drug-likeness (QED) is 0.383. The third kappa shape index (κ3) is 2.28. The van der Waals surface area contributed by atoms with Crippen LogP contribution in [0.15, 0.2) is 0 Å². The summed E-state index contributed by atoms with van der Waals surface area (Å²) in [6.45, 7) is 0. The molecule has 0 aromatic rings. The van der Waals surface area contributed by atoms with Gasteiger partial charge >= 0.3 is 0 Å². The lowest BCUT2D eigenvalue weighted by molar-refractivity contribution is 0.710. The molecule has 1 fully saturated rings. The monoisotopic (exact) mass is 194 g/mol. The van der Waals surface area contributed by atoms with Crippen molar-refractivity contribution < 1.29 is 0 Å². The molecular weight excluding hydrogens is 180 g/mol. The van der Waals surface area contributed by atoms with Gasteiger partial charge in [-0.15, -0.1) is 0 Å². The van der Waals surface area contributed by atoms with Crippen LogP contribution in [0.5, 0.6) is 0 Å². The molecule has 0 aromatic carbocycles. The first-order valence-electron chi connectivity index (χ1n) is 3.76. The molecule has 0 bridgehead atoms. The Labute approximate surface area is 79.4 Å². The maximum Gasteiger partial charge on any atom is 0.0250 e. The van der Waals surface area contributed by atoms with Gasteiger partial charge in [-0.1, -0.05) is 12.8 Å². The van der Waals surface area contributed by atoms with Crippen molar-refractivity contribution in [1.82, 2.24) is 0 Å². The first kappa shape index (κ1) is 9.14. The van der Waals surface area contributed by atoms with Gasteiger partial charge in [0.1, 0.15) is 0 Å². The SMILES string of the molecule is SC1CCCCC(S)C1S. The molecule has 0 nitrogen and oxygen atoms in total. The Hall–Kier alpha value is 1.05. The third-order valence-corrected chi connectivity index (χ3v) is 4.39. The van der Waals surface area contributed by atoms with Gasteiger partial charge in [-0.2, -0.15) is 37.9 Å². The zero-order chi connectivity index (χ0) is 7.56. The van der Waals surface area contributed by atoms with Crippen molar-refractivity contribution in [3.05, 3.63) is 0 Å². The Morgan fingerprint density at radius 1 is 0.800 bits per heavy atom. The normalized spacial score (nSPS) is 42.9. The fourth-order valence-corrected chi connectivity index (χ4v) is 2.52. The topological polar surface area (TPSA) is 0 Å². The van der Waals surface area contributed by atoms with E-state index in [1.54, 1.807) is 0 Å². The number of hydrogen-bond donors (Lipinski definition) is 3. The van der Waals surface area contributed by atoms with Gasteiger partial charge in [0.15, 0.2) is 0 Å². The molecule has 3 heteroatoms. The van der Waals surface area contributed by atoms with Crippen LogP contribution in [0.25, 0.3) is 0 Å². The lowest BCUT2D eigenvalue weighted by Gasteiger charge is -2.19. The zero-order valence-corrected chi connectivity index (χ0v) is 8.59. The molecule has 2 unspecified atom stereocenters. The second-order valence-corrected chi connectivity index (χ2v) is 4.83. The van der Waals surface area contributed by atoms with Gasteiger partial charge in [0.05, 0.1) is 0 Å². The van der Waals surface area contributed by atoms with Crippen LogP contribution in [0.4, 0.5) is 0 Å². The zero-order valence-electron chi connectivity index (χ0n) is 5.90. The third-order valence-electron chi connectivity index (χ3n) is 2.04. The van der Waals surface area contributed by atoms with E-state index in [9.17, 15) is 0 Å². The molecule has 1 aliphatic rings. The fourth-order valence-electron chi connectivity index (χ4n) is 1.30. The summed E-state index contributed by atoms with van der Waals surface area (Å²) in [6.07, 6.45) is 4.99. The maximum absolute atomic E-state index is 4.47. The molecule has 10 heavy (non-hydrogen) atoms. The van der Waals surface area contributed by atoms with E-state index in [0.29, 0.717) is 15.7 Å². The van der Waals surface area contributed by atoms with Gasteiger partial charge in [0.25, 0.3) is 0 Å². The first-order chi connectivity index (χ1) is 4.72. The van der Waals surface area contributed by atoms with Crippen LogP contribution < -0.4 is 0 Å². The molecule has 1 aliphatic carbocycles. The Kier molecular flexibility index (Phi) is 3.81. The molecule has 0 N–H and O–H groups in total. The highest BCUT2D eigenvalue weighted by molar-refractivity contribution is 7.87. The van der Waals surface area contributed by atoms with E-state index in [2.05, 4.69) is 37.9 Å². The van der Waals surface area contributed by atoms with Gasteiger partial charge in [-0.3, -0.25) is 0 Å². The summed E-state index contributed by atoms with van der Waals surface area (Å²) in [5.41, 5.74) is 0. The summed E-state index contributed by atoms with van der Waals surface area (Å²) >= 11 is 13.4. The van der Waals surface area contributed by atoms with E-state index in [1.807, 2.05) is 0 Å². The van der Waals surface area contributed by atoms with Crippen LogP contribution in [-0.4, -0.2) is 15.7 Å². The summed E-state index contributed by atoms with van der Waals surface area (Å²) in [6, 6.07) is 0. The molecule has 1 saturated carbocycles. The molecule has 0 spiro atoms. The van der Waals surface area contributed by atoms with Crippen LogP contribution >= 0.6 is 37.9 Å². The highest BCUT2D eigenvalue weighted by Gasteiger charge is 2.23. The van der Waals surface area contributed by atoms with Crippen LogP contribution in [0.2, 0.25) is 0 Å². The Morgan fingerprint density at radius 2 is 1.20 bits per heavy atom. The van der Waals surface area contributed by atoms with Gasteiger partial charge in [0, 0.05) is 15.7 Å². The summed E-state index contributed by atoms with van der Waals surface area (Å²) in [7, 11) is 0. The maximum atomic E-state index is 4.47. The van der Waals surface area contributed by atoms with Crippen molar-refractivity contribution in [2.45, 2.75) is 41.4 Å². The van der Waals surface area contributed by atoms with Gasteiger partial charge in [-0.05, 0) is 12.8 Å². The number of hydrogen-bond acceptors (Lipinski definition) is 3. The molecule has 0 aliphatic heterocycles. The van der Waals surface area contributed by atoms with Crippen LogP contribution in [0.1, 0.15) is 25.7 Å². The molecule has 0 aromatic heterocycles. The van der Waals surface area contributed by atoms with E-state index >= 15 is 0 Å². The molecule has 0 saturated heterocycles. The Balaban J connectivity index is 2.46. The molecule has 0 heterocycles. The predicted octanol–water partition coefficient (Wildman–Crippen LogP) is 2.46. The minimum Gasteiger partial charge on any atom is -0.175 e. The molecule has 60 valence electrons. The minimum atomic E-state index is 0.383. The van der Waals surface area contributed by atoms with Crippen LogP contribution in [0.3, 0.4) is 0 Å². The van der Waals surface area contributed by atoms with E-state index in [4.69, 9.17) is 0 Å². The van der Waals surface area contributed by atoms with E-state index in [1.165, 1.54) is 25.7 Å². The van der Waals surface area contributed by atoms with Crippen molar-refractivity contribution in [2.75, 3.05) is 0 Å². The van der Waals surface area contributed by atoms with Gasteiger partial charge in [0.2, 0.25) is 0 Å². The fraction of sp³-hybridized carbons (Fsp3) is 1.00. The van der Waals surface area contributed by atoms with Crippen LogP contribution in [-0.2, 0) is 0 Å². The number of thiol groups is 3. The first-order valence-corrected chi connectivity index (χ1v) is 5.31. The predicted molar refractivity (Wildman–Crippen MR) is 56.8 cm³/mol. The average Bonchev–Trinajstić information content (AvgIpc) is 2.04. The van der Waals surface area contributed by atoms with Crippen molar-refractivity contribution in [3.8, 4) is 0 Å². The van der Waals surface area contributed by atoms with Crippen molar-refractivity contribution in [1.29, 1.82) is 0 Å². The molecule has 0 amide bonds. The van der Waals surface area contributed by atoms with Crippen LogP contribution in [0, 0.1) is 0 Å². The molecule has 2 atom stereocenters. The molecular formula is C7H14S3. The summed E-state index contributed by atoms with van der Waals surface area (Å²) in [4.78, 5) is 0. The van der Waals surface area contributed by atoms with E-state index in [0.717, 1.165) is 0 Å². The standard InChI is InChI=1S/C7H14S3/c8-5-3-1-2-4-6(9)7(5)10/h5-10H,1-4H2. The minimum absolute atomic E-state index is 0.383. The lowest BCUT2D eigenvalue weighted by Crippen LogP contribution is -2.23. The Morgan fingerprint density at radius 3 is 1.60 bits per heavy atom. The average molecular weight is 194 g/mol. The van der Waals surface area contributed by atoms with Gasteiger partial charge < -0.3 is 0 Å². The largest absolute Gasteiger partial charge is 0.175 e. The highest BCUT2D eigenvalue weighted by Crippen LogP contribution is 2.28.